The number of unbranched alkanes of at least 4 members (excludes halogenated alkanes) is 23. The van der Waals surface area contributed by atoms with Crippen LogP contribution in [0.3, 0.4) is 0 Å². The number of aliphatic hydroxyl groups excluding tert-OH is 5. The fourth-order valence-electron chi connectivity index (χ4n) is 6.51. The summed E-state index contributed by atoms with van der Waals surface area (Å²) in [6.45, 7) is 3.73. The van der Waals surface area contributed by atoms with E-state index >= 15 is 0 Å². The molecular formula is C40H77NO8. The first-order chi connectivity index (χ1) is 23.8. The van der Waals surface area contributed by atoms with Gasteiger partial charge in [0.25, 0.3) is 0 Å². The highest BCUT2D eigenvalue weighted by Gasteiger charge is 2.44. The smallest absolute Gasteiger partial charge is 0.220 e. The van der Waals surface area contributed by atoms with Crippen molar-refractivity contribution in [3.05, 3.63) is 12.2 Å². The lowest BCUT2D eigenvalue weighted by atomic mass is 9.99. The zero-order valence-corrected chi connectivity index (χ0v) is 31.5. The van der Waals surface area contributed by atoms with Gasteiger partial charge in [0.2, 0.25) is 5.91 Å². The second-order valence-corrected chi connectivity index (χ2v) is 14.4. The average Bonchev–Trinajstić information content (AvgIpc) is 3.10. The molecule has 49 heavy (non-hydrogen) atoms. The minimum Gasteiger partial charge on any atom is -0.394 e. The Morgan fingerprint density at radius 2 is 1.12 bits per heavy atom. The number of carbonyl (C=O) groups is 1. The normalized spacial score (nSPS) is 22.5. The molecule has 0 spiro atoms. The van der Waals surface area contributed by atoms with Crippen LogP contribution in [-0.2, 0) is 14.3 Å². The van der Waals surface area contributed by atoms with E-state index < -0.39 is 49.5 Å². The molecule has 2 unspecified atom stereocenters. The summed E-state index contributed by atoms with van der Waals surface area (Å²) in [6, 6.07) is -0.795. The van der Waals surface area contributed by atoms with Gasteiger partial charge in [0, 0.05) is 6.42 Å². The minimum absolute atomic E-state index is 0.178. The number of aliphatic hydroxyl groups is 5. The first kappa shape index (κ1) is 46.0. The van der Waals surface area contributed by atoms with Crippen LogP contribution in [0.15, 0.2) is 12.2 Å². The lowest BCUT2D eigenvalue weighted by molar-refractivity contribution is -0.302. The first-order valence-electron chi connectivity index (χ1n) is 20.4. The van der Waals surface area contributed by atoms with Crippen molar-refractivity contribution in [3.63, 3.8) is 0 Å². The van der Waals surface area contributed by atoms with Crippen LogP contribution in [0.25, 0.3) is 0 Å². The zero-order valence-electron chi connectivity index (χ0n) is 31.5. The second-order valence-electron chi connectivity index (χ2n) is 14.4. The number of ether oxygens (including phenoxy) is 2. The Kier molecular flexibility index (Phi) is 29.7. The lowest BCUT2D eigenvalue weighted by Crippen LogP contribution is -2.60. The van der Waals surface area contributed by atoms with Crippen LogP contribution < -0.4 is 5.32 Å². The van der Waals surface area contributed by atoms with Gasteiger partial charge in [0.15, 0.2) is 6.29 Å². The molecule has 9 heteroatoms. The standard InChI is InChI=1S/C40H77NO8/c1-3-5-7-9-11-13-14-15-16-17-18-19-20-22-24-26-28-30-36(44)41-33(34(43)29-27-25-23-21-12-10-8-6-4-2)32-48-40-39(47)38(46)37(45)35(31-42)49-40/h27,29,33-35,37-40,42-43,45-47H,3-26,28,30-32H2,1-2H3,(H,41,44)/b29-27+/t33-,34+,35+,37-,38?,39?,40+/m0/s1. The predicted octanol–water partition coefficient (Wildman–Crippen LogP) is 7.39. The van der Waals surface area contributed by atoms with E-state index in [1.54, 1.807) is 6.08 Å². The van der Waals surface area contributed by atoms with Gasteiger partial charge in [-0.25, -0.2) is 0 Å². The van der Waals surface area contributed by atoms with Gasteiger partial charge in [-0.05, 0) is 19.3 Å². The molecule has 0 aromatic heterocycles. The van der Waals surface area contributed by atoms with E-state index in [0.29, 0.717) is 6.42 Å². The van der Waals surface area contributed by atoms with Gasteiger partial charge >= 0.3 is 0 Å². The van der Waals surface area contributed by atoms with Crippen LogP contribution >= 0.6 is 0 Å². The van der Waals surface area contributed by atoms with E-state index in [0.717, 1.165) is 38.5 Å². The molecule has 1 aliphatic rings. The third-order valence-electron chi connectivity index (χ3n) is 9.86. The van der Waals surface area contributed by atoms with Crippen LogP contribution in [0.5, 0.6) is 0 Å². The summed E-state index contributed by atoms with van der Waals surface area (Å²) >= 11 is 0. The minimum atomic E-state index is -1.56. The molecule has 7 atom stereocenters. The van der Waals surface area contributed by atoms with Crippen molar-refractivity contribution >= 4 is 5.91 Å². The molecule has 1 aliphatic heterocycles. The molecule has 0 bridgehead atoms. The van der Waals surface area contributed by atoms with Gasteiger partial charge in [-0.1, -0.05) is 167 Å². The molecule has 0 aromatic carbocycles. The number of hydrogen-bond donors (Lipinski definition) is 6. The maximum absolute atomic E-state index is 12.9. The molecule has 6 N–H and O–H groups in total. The Labute approximate surface area is 299 Å². The average molecular weight is 700 g/mol. The summed E-state index contributed by atoms with van der Waals surface area (Å²) in [5.74, 6) is -0.178. The number of hydrogen-bond acceptors (Lipinski definition) is 8. The third kappa shape index (κ3) is 23.2. The van der Waals surface area contributed by atoms with Crippen LogP contribution in [-0.4, -0.2) is 87.5 Å². The lowest BCUT2D eigenvalue weighted by Gasteiger charge is -2.40. The van der Waals surface area contributed by atoms with Gasteiger partial charge in [0.1, 0.15) is 24.4 Å². The van der Waals surface area contributed by atoms with Gasteiger partial charge < -0.3 is 40.3 Å². The molecule has 0 aliphatic carbocycles. The number of rotatable bonds is 33. The molecule has 0 radical (unpaired) electrons. The summed E-state index contributed by atoms with van der Waals surface area (Å²) < 4.78 is 11.1. The zero-order chi connectivity index (χ0) is 36.0. The monoisotopic (exact) mass is 700 g/mol. The molecular weight excluding hydrogens is 622 g/mol. The highest BCUT2D eigenvalue weighted by molar-refractivity contribution is 5.76. The molecule has 9 nitrogen and oxygen atoms in total. The fraction of sp³-hybridized carbons (Fsp3) is 0.925. The fourth-order valence-corrected chi connectivity index (χ4v) is 6.51. The Hall–Kier alpha value is -1.07. The number of nitrogens with one attached hydrogen (secondary N) is 1. The van der Waals surface area contributed by atoms with E-state index in [4.69, 9.17) is 9.47 Å². The summed E-state index contributed by atoms with van der Waals surface area (Å²) in [4.78, 5) is 12.9. The second kappa shape index (κ2) is 31.6. The number of amides is 1. The van der Waals surface area contributed by atoms with Gasteiger partial charge in [-0.3, -0.25) is 4.79 Å². The molecule has 1 amide bonds. The largest absolute Gasteiger partial charge is 0.394 e. The highest BCUT2D eigenvalue weighted by atomic mass is 16.7. The van der Waals surface area contributed by atoms with Crippen molar-refractivity contribution in [1.29, 1.82) is 0 Å². The van der Waals surface area contributed by atoms with Crippen molar-refractivity contribution in [3.8, 4) is 0 Å². The van der Waals surface area contributed by atoms with E-state index in [2.05, 4.69) is 19.2 Å². The summed E-state index contributed by atoms with van der Waals surface area (Å²) in [6.07, 6.45) is 26.9. The van der Waals surface area contributed by atoms with Crippen molar-refractivity contribution in [2.45, 2.75) is 224 Å². The van der Waals surface area contributed by atoms with Crippen molar-refractivity contribution in [2.75, 3.05) is 13.2 Å². The van der Waals surface area contributed by atoms with Crippen molar-refractivity contribution in [1.82, 2.24) is 5.32 Å². The Morgan fingerprint density at radius 1 is 0.673 bits per heavy atom. The molecule has 1 rings (SSSR count). The van der Waals surface area contributed by atoms with Gasteiger partial charge in [-0.15, -0.1) is 0 Å². The summed E-state index contributed by atoms with van der Waals surface area (Å²) in [7, 11) is 0. The molecule has 0 aromatic rings. The van der Waals surface area contributed by atoms with Crippen molar-refractivity contribution < 1.29 is 39.8 Å². The number of carbonyl (C=O) groups excluding carboxylic acids is 1. The summed E-state index contributed by atoms with van der Waals surface area (Å²) in [5, 5.41) is 53.8. The SMILES string of the molecule is CCCCCCCCC/C=C/[C@@H](O)[C@H](CO[C@@H]1O[C@H](CO)[C@H](O)C(O)C1O)NC(=O)CCCCCCCCCCCCCCCCCCC. The topological polar surface area (TPSA) is 149 Å². The maximum atomic E-state index is 12.9. The Bertz CT molecular complexity index is 781. The molecule has 290 valence electrons. The molecule has 1 heterocycles. The molecule has 0 saturated carbocycles. The number of allylic oxidation sites excluding steroid dienone is 1. The van der Waals surface area contributed by atoms with Crippen LogP contribution in [0, 0.1) is 0 Å². The van der Waals surface area contributed by atoms with Crippen LogP contribution in [0.4, 0.5) is 0 Å². The van der Waals surface area contributed by atoms with E-state index in [-0.39, 0.29) is 12.5 Å². The van der Waals surface area contributed by atoms with E-state index in [1.165, 1.54) is 122 Å². The van der Waals surface area contributed by atoms with Crippen molar-refractivity contribution in [2.24, 2.45) is 0 Å². The maximum Gasteiger partial charge on any atom is 0.220 e. The Morgan fingerprint density at radius 3 is 1.59 bits per heavy atom. The van der Waals surface area contributed by atoms with Gasteiger partial charge in [0.05, 0.1) is 25.4 Å². The molecule has 1 saturated heterocycles. The highest BCUT2D eigenvalue weighted by Crippen LogP contribution is 2.22. The van der Waals surface area contributed by atoms with E-state index in [1.807, 2.05) is 6.08 Å². The van der Waals surface area contributed by atoms with Crippen LogP contribution in [0.2, 0.25) is 0 Å². The molecule has 1 fully saturated rings. The quantitative estimate of drug-likeness (QED) is 0.0307. The first-order valence-corrected chi connectivity index (χ1v) is 20.4. The van der Waals surface area contributed by atoms with Gasteiger partial charge in [-0.2, -0.15) is 0 Å². The van der Waals surface area contributed by atoms with E-state index in [9.17, 15) is 30.3 Å². The Balaban J connectivity index is 2.35. The third-order valence-corrected chi connectivity index (χ3v) is 9.86. The predicted molar refractivity (Wildman–Crippen MR) is 198 cm³/mol. The summed E-state index contributed by atoms with van der Waals surface area (Å²) in [5.41, 5.74) is 0. The van der Waals surface area contributed by atoms with Crippen LogP contribution in [0.1, 0.15) is 181 Å².